The second-order valence-corrected chi connectivity index (χ2v) is 7.33. The molecular formula is C20H29IN4O2S. The number of benzene rings is 1. The Morgan fingerprint density at radius 2 is 1.89 bits per heavy atom. The van der Waals surface area contributed by atoms with E-state index < -0.39 is 5.60 Å². The molecule has 0 spiro atoms. The van der Waals surface area contributed by atoms with Gasteiger partial charge >= 0.3 is 0 Å². The van der Waals surface area contributed by atoms with Crippen molar-refractivity contribution in [2.24, 2.45) is 4.99 Å². The van der Waals surface area contributed by atoms with Crippen LogP contribution in [0.4, 0.5) is 0 Å². The average Bonchev–Trinajstić information content (AvgIpc) is 3.21. The normalized spacial score (nSPS) is 13.2. The van der Waals surface area contributed by atoms with Crippen LogP contribution in [0.5, 0.6) is 0 Å². The first-order valence-corrected chi connectivity index (χ1v) is 9.98. The summed E-state index contributed by atoms with van der Waals surface area (Å²) in [6.45, 7) is 5.66. The van der Waals surface area contributed by atoms with Gasteiger partial charge in [-0.2, -0.15) is 0 Å². The number of nitrogens with zero attached hydrogens (tertiary/aromatic N) is 1. The standard InChI is InChI=1S/C20H28N4O2S.HI/c1-3-21-19(24-15-20(2,26)17-10-7-13-27-17)22-12-11-18(25)23-14-16-8-5-4-6-9-16;/h4-10,13,26H,3,11-12,14-15H2,1-2H3,(H,23,25)(H2,21,22,24);1H. The molecule has 0 radical (unpaired) electrons. The number of hydrogen-bond acceptors (Lipinski definition) is 4. The van der Waals surface area contributed by atoms with Crippen LogP contribution in [0, 0.1) is 0 Å². The first kappa shape index (κ1) is 24.4. The predicted molar refractivity (Wildman–Crippen MR) is 126 cm³/mol. The summed E-state index contributed by atoms with van der Waals surface area (Å²) in [5.74, 6) is 0.568. The molecule has 0 bridgehead atoms. The molecule has 0 aliphatic carbocycles. The van der Waals surface area contributed by atoms with Crippen molar-refractivity contribution >= 4 is 47.2 Å². The zero-order chi connectivity index (χ0) is 19.5. The predicted octanol–water partition coefficient (Wildman–Crippen LogP) is 2.84. The number of aliphatic imine (C=N–C) groups is 1. The highest BCUT2D eigenvalue weighted by atomic mass is 127. The summed E-state index contributed by atoms with van der Waals surface area (Å²) < 4.78 is 0. The van der Waals surface area contributed by atoms with Gasteiger partial charge in [0.2, 0.25) is 5.91 Å². The van der Waals surface area contributed by atoms with E-state index in [-0.39, 0.29) is 36.4 Å². The highest BCUT2D eigenvalue weighted by Gasteiger charge is 2.23. The fourth-order valence-electron chi connectivity index (χ4n) is 2.42. The lowest BCUT2D eigenvalue weighted by Gasteiger charge is -2.20. The average molecular weight is 516 g/mol. The molecule has 1 aromatic heterocycles. The number of nitrogens with one attached hydrogen (secondary N) is 3. The van der Waals surface area contributed by atoms with Gasteiger partial charge in [0, 0.05) is 30.9 Å². The summed E-state index contributed by atoms with van der Waals surface area (Å²) in [5, 5.41) is 21.7. The number of guanidine groups is 1. The minimum Gasteiger partial charge on any atom is -0.383 e. The summed E-state index contributed by atoms with van der Waals surface area (Å²) >= 11 is 1.51. The van der Waals surface area contributed by atoms with Gasteiger partial charge in [-0.05, 0) is 30.9 Å². The fourth-order valence-corrected chi connectivity index (χ4v) is 3.20. The molecule has 0 aliphatic rings. The summed E-state index contributed by atoms with van der Waals surface area (Å²) in [6.07, 6.45) is 0.346. The minimum atomic E-state index is -1.01. The van der Waals surface area contributed by atoms with E-state index in [1.54, 1.807) is 6.92 Å². The van der Waals surface area contributed by atoms with Gasteiger partial charge in [0.05, 0.1) is 6.54 Å². The Labute approximate surface area is 187 Å². The maximum atomic E-state index is 12.0. The molecule has 6 nitrogen and oxygen atoms in total. The Morgan fingerprint density at radius 1 is 1.14 bits per heavy atom. The smallest absolute Gasteiger partial charge is 0.222 e. The van der Waals surface area contributed by atoms with Crippen molar-refractivity contribution in [1.82, 2.24) is 16.0 Å². The summed E-state index contributed by atoms with van der Waals surface area (Å²) in [7, 11) is 0. The van der Waals surface area contributed by atoms with Crippen LogP contribution in [0.3, 0.4) is 0 Å². The van der Waals surface area contributed by atoms with Gasteiger partial charge in [0.25, 0.3) is 0 Å². The van der Waals surface area contributed by atoms with Gasteiger partial charge in [-0.15, -0.1) is 35.3 Å². The number of carbonyl (C=O) groups excluding carboxylic acids is 1. The molecule has 0 saturated heterocycles. The quantitative estimate of drug-likeness (QED) is 0.235. The lowest BCUT2D eigenvalue weighted by atomic mass is 10.1. The first-order chi connectivity index (χ1) is 13.0. The van der Waals surface area contributed by atoms with Crippen LogP contribution < -0.4 is 16.0 Å². The van der Waals surface area contributed by atoms with E-state index in [1.165, 1.54) is 11.3 Å². The van der Waals surface area contributed by atoms with Crippen molar-refractivity contribution < 1.29 is 9.90 Å². The van der Waals surface area contributed by atoms with E-state index in [0.717, 1.165) is 10.4 Å². The molecule has 2 rings (SSSR count). The van der Waals surface area contributed by atoms with Crippen LogP contribution >= 0.6 is 35.3 Å². The topological polar surface area (TPSA) is 85.8 Å². The van der Waals surface area contributed by atoms with Gasteiger partial charge in [0.15, 0.2) is 5.96 Å². The maximum Gasteiger partial charge on any atom is 0.222 e. The van der Waals surface area contributed by atoms with E-state index in [0.29, 0.717) is 32.0 Å². The second kappa shape index (κ2) is 12.7. The fraction of sp³-hybridized carbons (Fsp3) is 0.400. The summed E-state index contributed by atoms with van der Waals surface area (Å²) in [6, 6.07) is 13.6. The maximum absolute atomic E-state index is 12.0. The molecule has 0 aliphatic heterocycles. The van der Waals surface area contributed by atoms with E-state index >= 15 is 0 Å². The largest absolute Gasteiger partial charge is 0.383 e. The Bertz CT molecular complexity index is 721. The molecule has 1 atom stereocenters. The Hall–Kier alpha value is -1.65. The van der Waals surface area contributed by atoms with E-state index in [4.69, 9.17) is 0 Å². The van der Waals surface area contributed by atoms with Gasteiger partial charge in [-0.3, -0.25) is 4.79 Å². The van der Waals surface area contributed by atoms with Crippen molar-refractivity contribution in [3.8, 4) is 0 Å². The first-order valence-electron chi connectivity index (χ1n) is 9.10. The summed E-state index contributed by atoms with van der Waals surface area (Å²) in [5.41, 5.74) is 0.0633. The van der Waals surface area contributed by atoms with Crippen LogP contribution in [-0.4, -0.2) is 36.6 Å². The van der Waals surface area contributed by atoms with Gasteiger partial charge in [-0.1, -0.05) is 36.4 Å². The highest BCUT2D eigenvalue weighted by molar-refractivity contribution is 14.0. The molecule has 1 unspecified atom stereocenters. The Balaban J connectivity index is 0.00000392. The zero-order valence-electron chi connectivity index (χ0n) is 16.3. The number of halogens is 1. The minimum absolute atomic E-state index is 0. The molecule has 8 heteroatoms. The van der Waals surface area contributed by atoms with Gasteiger partial charge in [0.1, 0.15) is 5.60 Å². The van der Waals surface area contributed by atoms with Crippen LogP contribution in [0.2, 0.25) is 0 Å². The number of aliphatic hydroxyl groups is 1. The second-order valence-electron chi connectivity index (χ2n) is 6.39. The van der Waals surface area contributed by atoms with Crippen molar-refractivity contribution in [1.29, 1.82) is 0 Å². The molecule has 1 heterocycles. The monoisotopic (exact) mass is 516 g/mol. The molecule has 1 aromatic carbocycles. The molecule has 154 valence electrons. The lowest BCUT2D eigenvalue weighted by molar-refractivity contribution is -0.121. The Kier molecular flexibility index (Phi) is 11.1. The third-order valence-electron chi connectivity index (χ3n) is 3.92. The van der Waals surface area contributed by atoms with Gasteiger partial charge in [-0.25, -0.2) is 4.99 Å². The molecule has 28 heavy (non-hydrogen) atoms. The Morgan fingerprint density at radius 3 is 2.54 bits per heavy atom. The van der Waals surface area contributed by atoms with Crippen molar-refractivity contribution in [3.05, 3.63) is 58.3 Å². The van der Waals surface area contributed by atoms with Crippen LogP contribution in [-0.2, 0) is 16.9 Å². The number of carbonyl (C=O) groups is 1. The van der Waals surface area contributed by atoms with Gasteiger partial charge < -0.3 is 21.1 Å². The molecule has 0 fully saturated rings. The number of rotatable bonds is 9. The van der Waals surface area contributed by atoms with Crippen LogP contribution in [0.25, 0.3) is 0 Å². The molecular weight excluding hydrogens is 487 g/mol. The van der Waals surface area contributed by atoms with Crippen molar-refractivity contribution in [2.45, 2.75) is 32.4 Å². The van der Waals surface area contributed by atoms with Crippen molar-refractivity contribution in [3.63, 3.8) is 0 Å². The third kappa shape index (κ3) is 8.57. The molecule has 2 aromatic rings. The van der Waals surface area contributed by atoms with Crippen LogP contribution in [0.1, 0.15) is 30.7 Å². The SMILES string of the molecule is CCNC(=NCC(C)(O)c1cccs1)NCCC(=O)NCc1ccccc1.I. The van der Waals surface area contributed by atoms with E-state index in [1.807, 2.05) is 54.8 Å². The molecule has 1 amide bonds. The van der Waals surface area contributed by atoms with E-state index in [2.05, 4.69) is 20.9 Å². The number of hydrogen-bond donors (Lipinski definition) is 4. The zero-order valence-corrected chi connectivity index (χ0v) is 19.4. The van der Waals surface area contributed by atoms with Crippen molar-refractivity contribution in [2.75, 3.05) is 19.6 Å². The van der Waals surface area contributed by atoms with Crippen LogP contribution in [0.15, 0.2) is 52.8 Å². The highest BCUT2D eigenvalue weighted by Crippen LogP contribution is 2.25. The lowest BCUT2D eigenvalue weighted by Crippen LogP contribution is -2.40. The molecule has 4 N–H and O–H groups in total. The van der Waals surface area contributed by atoms with E-state index in [9.17, 15) is 9.90 Å². The number of thiophene rings is 1. The summed E-state index contributed by atoms with van der Waals surface area (Å²) in [4.78, 5) is 17.3. The molecule has 0 saturated carbocycles. The third-order valence-corrected chi connectivity index (χ3v) is 5.04. The number of amides is 1.